The fourth-order valence-electron chi connectivity index (χ4n) is 1.79. The molecule has 112 valence electrons. The van der Waals surface area contributed by atoms with E-state index in [4.69, 9.17) is 4.42 Å². The minimum atomic E-state index is -1.48. The highest BCUT2D eigenvalue weighted by Crippen LogP contribution is 2.20. The van der Waals surface area contributed by atoms with E-state index in [1.54, 1.807) is 6.20 Å². The van der Waals surface area contributed by atoms with Crippen molar-refractivity contribution in [3.63, 3.8) is 0 Å². The van der Waals surface area contributed by atoms with Gasteiger partial charge in [-0.2, -0.15) is 0 Å². The Labute approximate surface area is 128 Å². The predicted octanol–water partition coefficient (Wildman–Crippen LogP) is 2.89. The zero-order valence-corrected chi connectivity index (χ0v) is 12.5. The molecule has 22 heavy (non-hydrogen) atoms. The molecule has 0 aliphatic carbocycles. The molecule has 0 saturated carbocycles. The number of aromatic nitrogens is 3. The van der Waals surface area contributed by atoms with Crippen molar-refractivity contribution in [2.24, 2.45) is 0 Å². The molecule has 0 spiro atoms. The van der Waals surface area contributed by atoms with Crippen molar-refractivity contribution in [2.45, 2.75) is 17.9 Å². The Balaban J connectivity index is 1.76. The molecule has 0 N–H and O–H groups in total. The summed E-state index contributed by atoms with van der Waals surface area (Å²) in [6.45, 7) is 1.93. The lowest BCUT2D eigenvalue weighted by atomic mass is 10.2. The first-order valence-electron chi connectivity index (χ1n) is 6.51. The van der Waals surface area contributed by atoms with E-state index < -0.39 is 10.8 Å². The van der Waals surface area contributed by atoms with Gasteiger partial charge in [0.25, 0.3) is 0 Å². The minimum absolute atomic E-state index is 0.0294. The first-order chi connectivity index (χ1) is 10.6. The summed E-state index contributed by atoms with van der Waals surface area (Å²) in [6, 6.07) is 9.36. The molecule has 5 nitrogen and oxygen atoms in total. The third kappa shape index (κ3) is 3.25. The largest absolute Gasteiger partial charge is 0.409 e. The molecule has 0 bridgehead atoms. The van der Waals surface area contributed by atoms with Crippen LogP contribution in [0.4, 0.5) is 4.39 Å². The van der Waals surface area contributed by atoms with Crippen LogP contribution in [-0.4, -0.2) is 19.4 Å². The van der Waals surface area contributed by atoms with Crippen LogP contribution < -0.4 is 0 Å². The third-order valence-corrected chi connectivity index (χ3v) is 4.06. The summed E-state index contributed by atoms with van der Waals surface area (Å²) in [5.74, 6) is 0.0587. The molecule has 1 unspecified atom stereocenters. The number of rotatable bonds is 4. The SMILES string of the molecule is Cc1ccc(CS(=O)c2nnc(-c3ccc(F)cc3)o2)nc1. The number of hydrogen-bond acceptors (Lipinski definition) is 5. The molecule has 0 radical (unpaired) electrons. The van der Waals surface area contributed by atoms with E-state index in [9.17, 15) is 8.60 Å². The Hall–Kier alpha value is -2.41. The van der Waals surface area contributed by atoms with Crippen molar-refractivity contribution >= 4 is 10.8 Å². The van der Waals surface area contributed by atoms with E-state index in [2.05, 4.69) is 15.2 Å². The van der Waals surface area contributed by atoms with Gasteiger partial charge in [-0.1, -0.05) is 11.2 Å². The summed E-state index contributed by atoms with van der Waals surface area (Å²) in [6.07, 6.45) is 1.71. The topological polar surface area (TPSA) is 68.9 Å². The molecular weight excluding hydrogens is 305 g/mol. The zero-order chi connectivity index (χ0) is 15.5. The maximum absolute atomic E-state index is 12.9. The van der Waals surface area contributed by atoms with Gasteiger partial charge in [0.1, 0.15) is 16.6 Å². The van der Waals surface area contributed by atoms with E-state index in [1.807, 2.05) is 19.1 Å². The van der Waals surface area contributed by atoms with Crippen LogP contribution in [0.3, 0.4) is 0 Å². The Morgan fingerprint density at radius 2 is 1.91 bits per heavy atom. The summed E-state index contributed by atoms with van der Waals surface area (Å²) in [4.78, 5) is 4.19. The summed E-state index contributed by atoms with van der Waals surface area (Å²) in [5, 5.41) is 7.66. The number of aryl methyl sites for hydroxylation is 1. The van der Waals surface area contributed by atoms with Crippen LogP contribution in [0, 0.1) is 12.7 Å². The van der Waals surface area contributed by atoms with Gasteiger partial charge in [-0.3, -0.25) is 4.98 Å². The first kappa shape index (κ1) is 14.5. The second-order valence-electron chi connectivity index (χ2n) is 4.70. The van der Waals surface area contributed by atoms with Gasteiger partial charge in [0.15, 0.2) is 0 Å². The highest BCUT2D eigenvalue weighted by Gasteiger charge is 2.15. The van der Waals surface area contributed by atoms with Gasteiger partial charge in [-0.05, 0) is 42.8 Å². The van der Waals surface area contributed by atoms with Gasteiger partial charge in [0, 0.05) is 11.8 Å². The number of pyridine rings is 1. The van der Waals surface area contributed by atoms with Gasteiger partial charge in [-0.15, -0.1) is 5.10 Å². The van der Waals surface area contributed by atoms with Crippen LogP contribution in [0.25, 0.3) is 11.5 Å². The highest BCUT2D eigenvalue weighted by molar-refractivity contribution is 7.83. The third-order valence-electron chi connectivity index (χ3n) is 2.94. The average molecular weight is 317 g/mol. The monoisotopic (exact) mass is 317 g/mol. The van der Waals surface area contributed by atoms with Crippen LogP contribution in [0.2, 0.25) is 0 Å². The van der Waals surface area contributed by atoms with Crippen molar-refractivity contribution in [1.29, 1.82) is 0 Å². The molecular formula is C15H12FN3O2S. The number of halogens is 1. The van der Waals surface area contributed by atoms with Crippen molar-refractivity contribution in [1.82, 2.24) is 15.2 Å². The van der Waals surface area contributed by atoms with Gasteiger partial charge in [0.05, 0.1) is 11.4 Å². The molecule has 7 heteroatoms. The van der Waals surface area contributed by atoms with Gasteiger partial charge >= 0.3 is 5.22 Å². The first-order valence-corrected chi connectivity index (χ1v) is 7.83. The molecule has 0 amide bonds. The standard InChI is InChI=1S/C15H12FN3O2S/c1-10-2-7-13(17-8-10)9-22(20)15-19-18-14(21-15)11-3-5-12(16)6-4-11/h2-8H,9H2,1H3. The molecule has 2 heterocycles. The number of hydrogen-bond donors (Lipinski definition) is 0. The predicted molar refractivity (Wildman–Crippen MR) is 78.8 cm³/mol. The van der Waals surface area contributed by atoms with Crippen LogP contribution in [0.1, 0.15) is 11.3 Å². The second kappa shape index (κ2) is 6.15. The maximum atomic E-state index is 12.9. The molecule has 0 fully saturated rings. The van der Waals surface area contributed by atoms with Crippen molar-refractivity contribution in [2.75, 3.05) is 0 Å². The smallest absolute Gasteiger partial charge is 0.308 e. The summed E-state index contributed by atoms with van der Waals surface area (Å²) >= 11 is 0. The Morgan fingerprint density at radius 1 is 1.14 bits per heavy atom. The lowest BCUT2D eigenvalue weighted by Gasteiger charge is -1.98. The van der Waals surface area contributed by atoms with E-state index in [1.165, 1.54) is 24.3 Å². The Kier molecular flexibility index (Phi) is 4.06. The van der Waals surface area contributed by atoms with Crippen LogP contribution >= 0.6 is 0 Å². The molecule has 0 aliphatic heterocycles. The van der Waals surface area contributed by atoms with Crippen molar-refractivity contribution in [3.05, 3.63) is 59.7 Å². The normalized spacial score (nSPS) is 12.3. The fraction of sp³-hybridized carbons (Fsp3) is 0.133. The van der Waals surface area contributed by atoms with Gasteiger partial charge in [-0.25, -0.2) is 8.60 Å². The van der Waals surface area contributed by atoms with Crippen LogP contribution in [0.5, 0.6) is 0 Å². The summed E-state index contributed by atoms with van der Waals surface area (Å²) in [5.41, 5.74) is 2.29. The minimum Gasteiger partial charge on any atom is -0.409 e. The lowest BCUT2D eigenvalue weighted by molar-refractivity contribution is 0.455. The zero-order valence-electron chi connectivity index (χ0n) is 11.7. The molecule has 0 saturated heterocycles. The molecule has 1 atom stereocenters. The van der Waals surface area contributed by atoms with E-state index in [0.717, 1.165) is 5.56 Å². The van der Waals surface area contributed by atoms with E-state index in [0.29, 0.717) is 11.3 Å². The summed E-state index contributed by atoms with van der Waals surface area (Å²) in [7, 11) is -1.48. The van der Waals surface area contributed by atoms with E-state index in [-0.39, 0.29) is 22.7 Å². The lowest BCUT2D eigenvalue weighted by Crippen LogP contribution is -1.99. The van der Waals surface area contributed by atoms with Crippen molar-refractivity contribution < 1.29 is 13.0 Å². The van der Waals surface area contributed by atoms with E-state index >= 15 is 0 Å². The summed E-state index contributed by atoms with van der Waals surface area (Å²) < 4.78 is 30.5. The Morgan fingerprint density at radius 3 is 2.59 bits per heavy atom. The highest BCUT2D eigenvalue weighted by atomic mass is 32.2. The molecule has 3 aromatic rings. The average Bonchev–Trinajstić information content (AvgIpc) is 3.00. The molecule has 1 aromatic carbocycles. The molecule has 2 aromatic heterocycles. The number of nitrogens with zero attached hydrogens (tertiary/aromatic N) is 3. The van der Waals surface area contributed by atoms with Crippen LogP contribution in [-0.2, 0) is 16.6 Å². The molecule has 3 rings (SSSR count). The van der Waals surface area contributed by atoms with Crippen molar-refractivity contribution in [3.8, 4) is 11.5 Å². The molecule has 0 aliphatic rings. The fourth-order valence-corrected chi connectivity index (χ4v) is 2.66. The van der Waals surface area contributed by atoms with Gasteiger partial charge in [0.2, 0.25) is 5.89 Å². The maximum Gasteiger partial charge on any atom is 0.308 e. The van der Waals surface area contributed by atoms with Gasteiger partial charge < -0.3 is 4.42 Å². The van der Waals surface area contributed by atoms with Crippen LogP contribution in [0.15, 0.2) is 52.2 Å². The Bertz CT molecular complexity index is 800. The second-order valence-corrected chi connectivity index (χ2v) is 6.03. The number of benzene rings is 1. The quantitative estimate of drug-likeness (QED) is 0.740.